The second-order valence-electron chi connectivity index (χ2n) is 5.41. The first-order chi connectivity index (χ1) is 11.8. The highest BCUT2D eigenvalue weighted by Gasteiger charge is 2.12. The highest BCUT2D eigenvalue weighted by atomic mass is 35.5. The molecule has 0 radical (unpaired) electrons. The average molecular weight is 361 g/mol. The molecule has 3 N–H and O–H groups in total. The van der Waals surface area contributed by atoms with E-state index in [0.717, 1.165) is 33.5 Å². The summed E-state index contributed by atoms with van der Waals surface area (Å²) in [6.45, 7) is 1.74. The van der Waals surface area contributed by atoms with Crippen LogP contribution in [0.1, 0.15) is 5.69 Å². The zero-order chi connectivity index (χ0) is 16.8. The summed E-state index contributed by atoms with van der Waals surface area (Å²) >= 11 is 0. The second kappa shape index (κ2) is 9.11. The lowest BCUT2D eigenvalue weighted by Crippen LogP contribution is -2.10. The Morgan fingerprint density at radius 3 is 2.60 bits per heavy atom. The highest BCUT2D eigenvalue weighted by Crippen LogP contribution is 2.34. The molecule has 1 aromatic heterocycles. The molecular formula is C19H21ClN2O3. The van der Waals surface area contributed by atoms with Crippen molar-refractivity contribution in [3.63, 3.8) is 0 Å². The largest absolute Gasteiger partial charge is 0.492 e. The van der Waals surface area contributed by atoms with Crippen molar-refractivity contribution in [2.75, 3.05) is 19.8 Å². The van der Waals surface area contributed by atoms with Gasteiger partial charge in [0.05, 0.1) is 12.1 Å². The van der Waals surface area contributed by atoms with Gasteiger partial charge in [-0.3, -0.25) is 4.79 Å². The quantitative estimate of drug-likeness (QED) is 0.477. The van der Waals surface area contributed by atoms with E-state index in [1.54, 1.807) is 0 Å². The van der Waals surface area contributed by atoms with Crippen LogP contribution >= 0.6 is 12.4 Å². The third kappa shape index (κ3) is 4.32. The summed E-state index contributed by atoms with van der Waals surface area (Å²) in [5.41, 5.74) is 9.78. The molecule has 6 heteroatoms. The predicted octanol–water partition coefficient (Wildman–Crippen LogP) is 3.31. The fraction of sp³-hybridized carbons (Fsp3) is 0.211. The maximum Gasteiger partial charge on any atom is 0.293 e. The molecule has 5 nitrogen and oxygen atoms in total. The number of hydrogen-bond donors (Lipinski definition) is 2. The number of hydrogen-bond acceptors (Lipinski definition) is 4. The van der Waals surface area contributed by atoms with E-state index in [1.165, 1.54) is 0 Å². The van der Waals surface area contributed by atoms with Crippen molar-refractivity contribution in [3.05, 3.63) is 54.2 Å². The summed E-state index contributed by atoms with van der Waals surface area (Å²) in [6.07, 6.45) is 0.623. The first-order valence-corrected chi connectivity index (χ1v) is 7.91. The SMILES string of the molecule is Cl.NCCOc1ccc(-c2ccccc2)c2[nH]c(CCOC=O)cc12. The predicted molar refractivity (Wildman–Crippen MR) is 101 cm³/mol. The van der Waals surface area contributed by atoms with Crippen LogP contribution in [0.5, 0.6) is 5.75 Å². The topological polar surface area (TPSA) is 77.3 Å². The molecular weight excluding hydrogens is 340 g/mol. The van der Waals surface area contributed by atoms with Gasteiger partial charge in [-0.05, 0) is 23.8 Å². The summed E-state index contributed by atoms with van der Waals surface area (Å²) in [4.78, 5) is 13.7. The van der Waals surface area contributed by atoms with E-state index in [2.05, 4.69) is 17.1 Å². The molecule has 0 saturated heterocycles. The number of carbonyl (C=O) groups excluding carboxylic acids is 1. The minimum absolute atomic E-state index is 0. The fourth-order valence-corrected chi connectivity index (χ4v) is 2.75. The Kier molecular flexibility index (Phi) is 6.86. The van der Waals surface area contributed by atoms with Gasteiger partial charge in [-0.15, -0.1) is 12.4 Å². The number of aromatic nitrogens is 1. The molecule has 0 saturated carbocycles. The van der Waals surface area contributed by atoms with Crippen molar-refractivity contribution < 1.29 is 14.3 Å². The van der Waals surface area contributed by atoms with Crippen molar-refractivity contribution >= 4 is 29.8 Å². The van der Waals surface area contributed by atoms with Crippen molar-refractivity contribution in [3.8, 4) is 16.9 Å². The van der Waals surface area contributed by atoms with E-state index >= 15 is 0 Å². The van der Waals surface area contributed by atoms with E-state index < -0.39 is 0 Å². The van der Waals surface area contributed by atoms with Crippen molar-refractivity contribution in [1.29, 1.82) is 0 Å². The van der Waals surface area contributed by atoms with Gasteiger partial charge in [-0.1, -0.05) is 30.3 Å². The van der Waals surface area contributed by atoms with E-state index in [1.807, 2.05) is 36.4 Å². The van der Waals surface area contributed by atoms with Crippen LogP contribution in [0.4, 0.5) is 0 Å². The Balaban J connectivity index is 0.00000225. The zero-order valence-electron chi connectivity index (χ0n) is 13.7. The molecule has 0 aliphatic heterocycles. The van der Waals surface area contributed by atoms with Gasteiger partial charge < -0.3 is 20.2 Å². The number of ether oxygens (including phenoxy) is 2. The molecule has 0 amide bonds. The number of carbonyl (C=O) groups is 1. The maximum atomic E-state index is 10.3. The molecule has 132 valence electrons. The fourth-order valence-electron chi connectivity index (χ4n) is 2.75. The first-order valence-electron chi connectivity index (χ1n) is 7.91. The number of nitrogens with two attached hydrogens (primary N) is 1. The van der Waals surface area contributed by atoms with Gasteiger partial charge in [-0.25, -0.2) is 0 Å². The van der Waals surface area contributed by atoms with Gasteiger partial charge in [-0.2, -0.15) is 0 Å². The molecule has 0 spiro atoms. The van der Waals surface area contributed by atoms with Crippen molar-refractivity contribution in [2.24, 2.45) is 5.73 Å². The zero-order valence-corrected chi connectivity index (χ0v) is 14.6. The van der Waals surface area contributed by atoms with Gasteiger partial charge >= 0.3 is 0 Å². The van der Waals surface area contributed by atoms with Gasteiger partial charge in [0.15, 0.2) is 0 Å². The summed E-state index contributed by atoms with van der Waals surface area (Å²) in [6, 6.07) is 16.2. The van der Waals surface area contributed by atoms with Crippen LogP contribution in [0.3, 0.4) is 0 Å². The Hall–Kier alpha value is -2.50. The number of halogens is 1. The lowest BCUT2D eigenvalue weighted by molar-refractivity contribution is -0.128. The molecule has 1 heterocycles. The molecule has 3 aromatic rings. The molecule has 0 fully saturated rings. The van der Waals surface area contributed by atoms with Gasteiger partial charge in [0.1, 0.15) is 12.4 Å². The number of H-pyrrole nitrogens is 1. The third-order valence-electron chi connectivity index (χ3n) is 3.83. The van der Waals surface area contributed by atoms with E-state index in [0.29, 0.717) is 32.7 Å². The normalized spacial score (nSPS) is 10.3. The molecule has 25 heavy (non-hydrogen) atoms. The first kappa shape index (κ1) is 18.8. The number of benzene rings is 2. The second-order valence-corrected chi connectivity index (χ2v) is 5.41. The van der Waals surface area contributed by atoms with Crippen LogP contribution < -0.4 is 10.5 Å². The minimum Gasteiger partial charge on any atom is -0.492 e. The average Bonchev–Trinajstić information content (AvgIpc) is 3.05. The van der Waals surface area contributed by atoms with Crippen LogP contribution in [0, 0.1) is 0 Å². The van der Waals surface area contributed by atoms with Crippen LogP contribution in [0.25, 0.3) is 22.0 Å². The van der Waals surface area contributed by atoms with E-state index in [-0.39, 0.29) is 12.4 Å². The Bertz CT molecular complexity index is 818. The molecule has 0 aliphatic rings. The number of rotatable bonds is 8. The molecule has 2 aromatic carbocycles. The van der Waals surface area contributed by atoms with E-state index in [9.17, 15) is 4.79 Å². The molecule has 0 aliphatic carbocycles. The molecule has 0 bridgehead atoms. The van der Waals surface area contributed by atoms with Crippen LogP contribution in [0.15, 0.2) is 48.5 Å². The van der Waals surface area contributed by atoms with Crippen LogP contribution in [-0.2, 0) is 16.0 Å². The maximum absolute atomic E-state index is 10.3. The number of fused-ring (bicyclic) bond motifs is 1. The highest BCUT2D eigenvalue weighted by molar-refractivity contribution is 5.98. The monoisotopic (exact) mass is 360 g/mol. The summed E-state index contributed by atoms with van der Waals surface area (Å²) in [5.74, 6) is 0.800. The smallest absolute Gasteiger partial charge is 0.293 e. The number of aromatic amines is 1. The van der Waals surface area contributed by atoms with Crippen molar-refractivity contribution in [2.45, 2.75) is 6.42 Å². The number of nitrogens with one attached hydrogen (secondary N) is 1. The van der Waals surface area contributed by atoms with Crippen molar-refractivity contribution in [1.82, 2.24) is 4.98 Å². The van der Waals surface area contributed by atoms with Gasteiger partial charge in [0.2, 0.25) is 0 Å². The standard InChI is InChI=1S/C19H20N2O3.ClH/c20-9-11-24-18-7-6-16(14-4-2-1-3-5-14)19-17(18)12-15(21-19)8-10-23-13-22;/h1-7,12-13,21H,8-11,20H2;1H. The molecule has 3 rings (SSSR count). The summed E-state index contributed by atoms with van der Waals surface area (Å²) < 4.78 is 10.6. The third-order valence-corrected chi connectivity index (χ3v) is 3.83. The summed E-state index contributed by atoms with van der Waals surface area (Å²) in [7, 11) is 0. The Labute approximate surface area is 152 Å². The van der Waals surface area contributed by atoms with Gasteiger partial charge in [0, 0.05) is 29.6 Å². The molecule has 0 atom stereocenters. The lowest BCUT2D eigenvalue weighted by atomic mass is 10.0. The van der Waals surface area contributed by atoms with Crippen LogP contribution in [-0.4, -0.2) is 31.2 Å². The van der Waals surface area contributed by atoms with Crippen LogP contribution in [0.2, 0.25) is 0 Å². The molecule has 0 unspecified atom stereocenters. The lowest BCUT2D eigenvalue weighted by Gasteiger charge is -2.09. The summed E-state index contributed by atoms with van der Waals surface area (Å²) in [5, 5.41) is 1.01. The van der Waals surface area contributed by atoms with E-state index in [4.69, 9.17) is 15.2 Å². The Morgan fingerprint density at radius 1 is 1.08 bits per heavy atom. The van der Waals surface area contributed by atoms with Gasteiger partial charge in [0.25, 0.3) is 6.47 Å². The Morgan fingerprint density at radius 2 is 1.88 bits per heavy atom. The minimum atomic E-state index is 0.